The Balaban J connectivity index is 2.11. The first-order valence-corrected chi connectivity index (χ1v) is 7.73. The molecule has 0 fully saturated rings. The zero-order valence-electron chi connectivity index (χ0n) is 12.7. The van der Waals surface area contributed by atoms with Gasteiger partial charge in [0.1, 0.15) is 5.75 Å². The molecule has 0 aliphatic rings. The van der Waals surface area contributed by atoms with Crippen LogP contribution in [0.5, 0.6) is 5.75 Å². The van der Waals surface area contributed by atoms with Crippen molar-refractivity contribution in [3.8, 4) is 5.75 Å². The first-order chi connectivity index (χ1) is 10.9. The van der Waals surface area contributed by atoms with Gasteiger partial charge in [0.25, 0.3) is 5.91 Å². The molecule has 0 spiro atoms. The number of amides is 1. The van der Waals surface area contributed by atoms with Gasteiger partial charge in [-0.15, -0.1) is 0 Å². The third kappa shape index (κ3) is 4.56. The summed E-state index contributed by atoms with van der Waals surface area (Å²) in [6, 6.07) is 12.0. The minimum atomic E-state index is -1.12. The molecule has 2 aromatic rings. The van der Waals surface area contributed by atoms with Crippen molar-refractivity contribution in [2.75, 3.05) is 5.32 Å². The average Bonchev–Trinajstić information content (AvgIpc) is 2.48. The molecule has 1 unspecified atom stereocenters. The lowest BCUT2D eigenvalue weighted by Crippen LogP contribution is -2.30. The van der Waals surface area contributed by atoms with E-state index in [4.69, 9.17) is 4.74 Å². The molecule has 0 aliphatic heterocycles. The fraction of sp³-hybridized carbons (Fsp3) is 0.176. The van der Waals surface area contributed by atoms with E-state index in [1.54, 1.807) is 19.1 Å². The van der Waals surface area contributed by atoms with Crippen LogP contribution < -0.4 is 10.1 Å². The number of halogens is 1. The smallest absolute Gasteiger partial charge is 0.337 e. The van der Waals surface area contributed by atoms with Crippen molar-refractivity contribution >= 4 is 33.5 Å². The first kappa shape index (κ1) is 17.0. The van der Waals surface area contributed by atoms with Crippen LogP contribution in [0, 0.1) is 6.92 Å². The molecule has 6 heteroatoms. The highest BCUT2D eigenvalue weighted by molar-refractivity contribution is 9.10. The maximum atomic E-state index is 12.2. The Labute approximate surface area is 142 Å². The number of carbonyl (C=O) groups is 2. The molecule has 0 radical (unpaired) electrons. The molecule has 2 N–H and O–H groups in total. The van der Waals surface area contributed by atoms with Gasteiger partial charge in [0.15, 0.2) is 6.10 Å². The molecule has 0 saturated carbocycles. The highest BCUT2D eigenvalue weighted by Gasteiger charge is 2.18. The molecule has 5 nitrogen and oxygen atoms in total. The number of ether oxygens (including phenoxy) is 1. The summed E-state index contributed by atoms with van der Waals surface area (Å²) >= 11 is 3.21. The van der Waals surface area contributed by atoms with E-state index in [1.807, 2.05) is 25.1 Å². The van der Waals surface area contributed by atoms with Crippen molar-refractivity contribution < 1.29 is 19.4 Å². The number of anilines is 1. The van der Waals surface area contributed by atoms with Crippen molar-refractivity contribution in [3.63, 3.8) is 0 Å². The Bertz CT molecular complexity index is 745. The van der Waals surface area contributed by atoms with Crippen molar-refractivity contribution in [2.45, 2.75) is 20.0 Å². The van der Waals surface area contributed by atoms with Crippen LogP contribution in [0.15, 0.2) is 46.9 Å². The van der Waals surface area contributed by atoms with Gasteiger partial charge in [0.05, 0.1) is 11.3 Å². The number of carboxylic acid groups (broad SMARTS) is 1. The maximum absolute atomic E-state index is 12.2. The molecular weight excluding hydrogens is 362 g/mol. The zero-order chi connectivity index (χ0) is 17.0. The van der Waals surface area contributed by atoms with E-state index < -0.39 is 18.0 Å². The maximum Gasteiger partial charge on any atom is 0.337 e. The molecule has 0 aromatic heterocycles. The molecule has 1 amide bonds. The van der Waals surface area contributed by atoms with Gasteiger partial charge in [-0.05, 0) is 49.7 Å². The molecule has 2 rings (SSSR count). The van der Waals surface area contributed by atoms with E-state index in [0.29, 0.717) is 10.2 Å². The normalized spacial score (nSPS) is 11.6. The van der Waals surface area contributed by atoms with Gasteiger partial charge in [-0.25, -0.2) is 4.79 Å². The van der Waals surface area contributed by atoms with Gasteiger partial charge in [0, 0.05) is 4.47 Å². The Morgan fingerprint density at radius 3 is 2.61 bits per heavy atom. The van der Waals surface area contributed by atoms with Crippen molar-refractivity contribution in [1.82, 2.24) is 0 Å². The molecule has 1 atom stereocenters. The van der Waals surface area contributed by atoms with E-state index in [0.717, 1.165) is 5.56 Å². The second kappa shape index (κ2) is 7.28. The summed E-state index contributed by atoms with van der Waals surface area (Å²) in [6.45, 7) is 3.54. The second-order valence-corrected chi connectivity index (χ2v) is 5.98. The van der Waals surface area contributed by atoms with Crippen LogP contribution in [0.3, 0.4) is 0 Å². The Hall–Kier alpha value is -2.34. The lowest BCUT2D eigenvalue weighted by Gasteiger charge is -2.16. The minimum Gasteiger partial charge on any atom is -0.481 e. The Kier molecular flexibility index (Phi) is 5.39. The minimum absolute atomic E-state index is 0.00970. The fourth-order valence-electron chi connectivity index (χ4n) is 1.98. The zero-order valence-corrected chi connectivity index (χ0v) is 14.3. The quantitative estimate of drug-likeness (QED) is 0.829. The molecule has 0 heterocycles. The molecule has 120 valence electrons. The summed E-state index contributed by atoms with van der Waals surface area (Å²) in [5, 5.41) is 11.8. The largest absolute Gasteiger partial charge is 0.481 e. The average molecular weight is 378 g/mol. The Morgan fingerprint density at radius 1 is 1.22 bits per heavy atom. The first-order valence-electron chi connectivity index (χ1n) is 6.94. The number of hydrogen-bond acceptors (Lipinski definition) is 3. The van der Waals surface area contributed by atoms with Gasteiger partial charge in [-0.1, -0.05) is 28.1 Å². The fourth-order valence-corrected chi connectivity index (χ4v) is 2.34. The summed E-state index contributed by atoms with van der Waals surface area (Å²) in [4.78, 5) is 23.5. The van der Waals surface area contributed by atoms with Crippen LogP contribution in [0.1, 0.15) is 22.8 Å². The molecule has 23 heavy (non-hydrogen) atoms. The third-order valence-electron chi connectivity index (χ3n) is 3.14. The van der Waals surface area contributed by atoms with Crippen LogP contribution in [0.4, 0.5) is 5.69 Å². The van der Waals surface area contributed by atoms with Crippen molar-refractivity contribution in [2.24, 2.45) is 0 Å². The topological polar surface area (TPSA) is 75.6 Å². The lowest BCUT2D eigenvalue weighted by molar-refractivity contribution is -0.122. The molecule has 0 aliphatic carbocycles. The SMILES string of the molecule is Cc1cccc(OC(C)C(=O)Nc2ccc(Br)cc2C(=O)O)c1. The summed E-state index contributed by atoms with van der Waals surface area (Å²) in [6.07, 6.45) is -0.762. The number of carbonyl (C=O) groups excluding carboxylic acids is 1. The van der Waals surface area contributed by atoms with Crippen LogP contribution in [-0.2, 0) is 4.79 Å². The summed E-state index contributed by atoms with van der Waals surface area (Å²) in [7, 11) is 0. The van der Waals surface area contributed by atoms with Gasteiger partial charge < -0.3 is 15.2 Å². The highest BCUT2D eigenvalue weighted by Crippen LogP contribution is 2.22. The lowest BCUT2D eigenvalue weighted by atomic mass is 10.1. The van der Waals surface area contributed by atoms with Crippen molar-refractivity contribution in [3.05, 3.63) is 58.1 Å². The van der Waals surface area contributed by atoms with Gasteiger partial charge in [-0.3, -0.25) is 4.79 Å². The molecule has 0 bridgehead atoms. The van der Waals surface area contributed by atoms with E-state index in [2.05, 4.69) is 21.2 Å². The van der Waals surface area contributed by atoms with Gasteiger partial charge in [-0.2, -0.15) is 0 Å². The third-order valence-corrected chi connectivity index (χ3v) is 3.63. The van der Waals surface area contributed by atoms with Gasteiger partial charge >= 0.3 is 5.97 Å². The van der Waals surface area contributed by atoms with E-state index in [1.165, 1.54) is 12.1 Å². The number of nitrogens with one attached hydrogen (secondary N) is 1. The monoisotopic (exact) mass is 377 g/mol. The van der Waals surface area contributed by atoms with E-state index in [9.17, 15) is 14.7 Å². The molecule has 2 aromatic carbocycles. The number of aromatic carboxylic acids is 1. The van der Waals surface area contributed by atoms with Crippen LogP contribution in [0.25, 0.3) is 0 Å². The van der Waals surface area contributed by atoms with Crippen LogP contribution in [0.2, 0.25) is 0 Å². The molecule has 0 saturated heterocycles. The number of aryl methyl sites for hydroxylation is 1. The number of benzene rings is 2. The summed E-state index contributed by atoms with van der Waals surface area (Å²) < 4.78 is 6.21. The predicted molar refractivity (Wildman–Crippen MR) is 91.0 cm³/mol. The van der Waals surface area contributed by atoms with Crippen molar-refractivity contribution in [1.29, 1.82) is 0 Å². The van der Waals surface area contributed by atoms with E-state index >= 15 is 0 Å². The number of carboxylic acids is 1. The summed E-state index contributed by atoms with van der Waals surface area (Å²) in [5.74, 6) is -0.952. The van der Waals surface area contributed by atoms with E-state index in [-0.39, 0.29) is 11.3 Å². The second-order valence-electron chi connectivity index (χ2n) is 5.06. The number of hydrogen-bond donors (Lipinski definition) is 2. The van der Waals surface area contributed by atoms with Crippen LogP contribution in [-0.4, -0.2) is 23.1 Å². The molecular formula is C17H16BrNO4. The summed E-state index contributed by atoms with van der Waals surface area (Å²) in [5.41, 5.74) is 1.26. The van der Waals surface area contributed by atoms with Crippen LogP contribution >= 0.6 is 15.9 Å². The highest BCUT2D eigenvalue weighted by atomic mass is 79.9. The van der Waals surface area contributed by atoms with Gasteiger partial charge in [0.2, 0.25) is 0 Å². The Morgan fingerprint density at radius 2 is 1.96 bits per heavy atom. The predicted octanol–water partition coefficient (Wildman–Crippen LogP) is 3.86. The number of rotatable bonds is 5. The standard InChI is InChI=1S/C17H16BrNO4/c1-10-4-3-5-13(8-10)23-11(2)16(20)19-15-7-6-12(18)9-14(15)17(21)22/h3-9,11H,1-2H3,(H,19,20)(H,21,22).